The third-order valence-electron chi connectivity index (χ3n) is 1.18. The van der Waals surface area contributed by atoms with Gasteiger partial charge in [0.2, 0.25) is 0 Å². The molecule has 2 N–H and O–H groups in total. The minimum absolute atomic E-state index is 1.50. The second-order valence-electron chi connectivity index (χ2n) is 2.02. The van der Waals surface area contributed by atoms with E-state index in [2.05, 4.69) is 0 Å². The van der Waals surface area contributed by atoms with Gasteiger partial charge in [-0.3, -0.25) is 0 Å². The molecular formula is C6H10O4. The molecule has 4 heteroatoms. The fourth-order valence-corrected chi connectivity index (χ4v) is 0.250. The summed E-state index contributed by atoms with van der Waals surface area (Å²) in [5.41, 5.74) is 0. The van der Waals surface area contributed by atoms with Gasteiger partial charge in [-0.05, 0) is 0 Å². The molecule has 10 heavy (non-hydrogen) atoms. The molecule has 0 spiro atoms. The summed E-state index contributed by atoms with van der Waals surface area (Å²) in [5.74, 6) is -3.65. The molecule has 1 fully saturated rings. The van der Waals surface area contributed by atoms with E-state index in [0.717, 1.165) is 0 Å². The van der Waals surface area contributed by atoms with Gasteiger partial charge in [0.15, 0.2) is 0 Å². The van der Waals surface area contributed by atoms with E-state index in [-0.39, 0.29) is 0 Å². The van der Waals surface area contributed by atoms with Gasteiger partial charge in [0.1, 0.15) is 0 Å². The molecule has 0 radical (unpaired) electrons. The number of carbonyl (C=O) groups is 2. The molecule has 0 aromatic carbocycles. The van der Waals surface area contributed by atoms with E-state index in [0.29, 0.717) is 0 Å². The van der Waals surface area contributed by atoms with Crippen molar-refractivity contribution >= 4 is 11.9 Å². The lowest BCUT2D eigenvalue weighted by molar-refractivity contribution is -0.159. The highest BCUT2D eigenvalue weighted by molar-refractivity contribution is 6.27. The predicted octanol–water partition coefficient (Wildman–Crippen LogP) is 0.716. The van der Waals surface area contributed by atoms with Crippen LogP contribution in [-0.2, 0) is 9.59 Å². The molecule has 0 aromatic heterocycles. The number of carboxylic acid groups (broad SMARTS) is 2. The van der Waals surface area contributed by atoms with Crippen LogP contribution in [0.2, 0.25) is 0 Å². The Morgan fingerprint density at radius 1 is 0.800 bits per heavy atom. The summed E-state index contributed by atoms with van der Waals surface area (Å²) in [6.45, 7) is 0. The molecule has 58 valence electrons. The van der Waals surface area contributed by atoms with Gasteiger partial charge in [-0.25, -0.2) is 9.59 Å². The molecule has 0 aliphatic heterocycles. The van der Waals surface area contributed by atoms with Gasteiger partial charge in [0.25, 0.3) is 0 Å². The summed E-state index contributed by atoms with van der Waals surface area (Å²) in [6, 6.07) is 0. The fraction of sp³-hybridized carbons (Fsp3) is 0.667. The standard InChI is InChI=1S/C4H8.C2H2O4/c1-2-4-3-1;3-1(4)2(5)6/h1-4H2;(H,3,4)(H,5,6). The molecule has 1 saturated carbocycles. The summed E-state index contributed by atoms with van der Waals surface area (Å²) in [4.78, 5) is 18.2. The quantitative estimate of drug-likeness (QED) is 0.493. The maximum absolute atomic E-state index is 9.10. The molecule has 0 aromatic rings. The van der Waals surface area contributed by atoms with E-state index in [9.17, 15) is 0 Å². The average Bonchev–Trinajstić information content (AvgIpc) is 1.59. The maximum atomic E-state index is 9.10. The van der Waals surface area contributed by atoms with E-state index in [1.807, 2.05) is 0 Å². The van der Waals surface area contributed by atoms with E-state index in [4.69, 9.17) is 19.8 Å². The highest BCUT2D eigenvalue weighted by Crippen LogP contribution is 2.15. The van der Waals surface area contributed by atoms with Crippen molar-refractivity contribution < 1.29 is 19.8 Å². The largest absolute Gasteiger partial charge is 0.473 e. The molecular weight excluding hydrogens is 136 g/mol. The topological polar surface area (TPSA) is 74.6 Å². The third-order valence-corrected chi connectivity index (χ3v) is 1.18. The van der Waals surface area contributed by atoms with Crippen molar-refractivity contribution in [3.63, 3.8) is 0 Å². The number of rotatable bonds is 0. The van der Waals surface area contributed by atoms with Crippen LogP contribution in [0.3, 0.4) is 0 Å². The first-order chi connectivity index (χ1) is 4.64. The van der Waals surface area contributed by atoms with Crippen LogP contribution in [0.25, 0.3) is 0 Å². The van der Waals surface area contributed by atoms with Crippen molar-refractivity contribution in [1.29, 1.82) is 0 Å². The Hall–Kier alpha value is -1.06. The monoisotopic (exact) mass is 146 g/mol. The third kappa shape index (κ3) is 5.08. The summed E-state index contributed by atoms with van der Waals surface area (Å²) < 4.78 is 0. The van der Waals surface area contributed by atoms with Crippen molar-refractivity contribution in [2.75, 3.05) is 0 Å². The molecule has 1 aliphatic rings. The van der Waals surface area contributed by atoms with E-state index < -0.39 is 11.9 Å². The van der Waals surface area contributed by atoms with Gasteiger partial charge in [-0.2, -0.15) is 0 Å². The normalized spacial score (nSPS) is 14.0. The lowest BCUT2D eigenvalue weighted by Gasteiger charge is -2.05. The number of aliphatic carboxylic acids is 2. The van der Waals surface area contributed by atoms with E-state index in [1.165, 1.54) is 25.7 Å². The van der Waals surface area contributed by atoms with Crippen LogP contribution in [0.4, 0.5) is 0 Å². The SMILES string of the molecule is C1CCC1.O=C(O)C(=O)O. The van der Waals surface area contributed by atoms with Crippen LogP contribution >= 0.6 is 0 Å². The van der Waals surface area contributed by atoms with Gasteiger partial charge in [0.05, 0.1) is 0 Å². The average molecular weight is 146 g/mol. The Morgan fingerprint density at radius 2 is 1.00 bits per heavy atom. The summed E-state index contributed by atoms with van der Waals surface area (Å²) in [5, 5.41) is 14.8. The van der Waals surface area contributed by atoms with Gasteiger partial charge in [-0.15, -0.1) is 0 Å². The first-order valence-corrected chi connectivity index (χ1v) is 3.11. The van der Waals surface area contributed by atoms with Crippen LogP contribution in [-0.4, -0.2) is 22.2 Å². The minimum atomic E-state index is -1.82. The molecule has 1 rings (SSSR count). The Morgan fingerprint density at radius 3 is 1.00 bits per heavy atom. The minimum Gasteiger partial charge on any atom is -0.473 e. The number of hydrogen-bond acceptors (Lipinski definition) is 2. The van der Waals surface area contributed by atoms with Gasteiger partial charge in [0, 0.05) is 0 Å². The van der Waals surface area contributed by atoms with Crippen LogP contribution in [0, 0.1) is 0 Å². The molecule has 0 saturated heterocycles. The summed E-state index contributed by atoms with van der Waals surface area (Å²) >= 11 is 0. The Bertz CT molecular complexity index is 110. The molecule has 4 nitrogen and oxygen atoms in total. The van der Waals surface area contributed by atoms with Gasteiger partial charge >= 0.3 is 11.9 Å². The molecule has 0 bridgehead atoms. The highest BCUT2D eigenvalue weighted by Gasteiger charge is 2.04. The molecule has 0 atom stereocenters. The second kappa shape index (κ2) is 4.78. The van der Waals surface area contributed by atoms with E-state index in [1.54, 1.807) is 0 Å². The zero-order chi connectivity index (χ0) is 7.98. The van der Waals surface area contributed by atoms with Crippen LogP contribution in [0.1, 0.15) is 25.7 Å². The fourth-order valence-electron chi connectivity index (χ4n) is 0.250. The van der Waals surface area contributed by atoms with Crippen molar-refractivity contribution in [2.45, 2.75) is 25.7 Å². The smallest absolute Gasteiger partial charge is 0.414 e. The first kappa shape index (κ1) is 8.94. The second-order valence-corrected chi connectivity index (χ2v) is 2.02. The Balaban J connectivity index is 0.000000172. The Kier molecular flexibility index (Phi) is 4.28. The van der Waals surface area contributed by atoms with Crippen LogP contribution in [0.5, 0.6) is 0 Å². The molecule has 0 unspecified atom stereocenters. The van der Waals surface area contributed by atoms with E-state index >= 15 is 0 Å². The zero-order valence-electron chi connectivity index (χ0n) is 5.54. The van der Waals surface area contributed by atoms with Crippen molar-refractivity contribution in [3.8, 4) is 0 Å². The molecule has 1 aliphatic carbocycles. The van der Waals surface area contributed by atoms with Crippen molar-refractivity contribution in [2.24, 2.45) is 0 Å². The van der Waals surface area contributed by atoms with Gasteiger partial charge < -0.3 is 10.2 Å². The molecule has 0 heterocycles. The summed E-state index contributed by atoms with van der Waals surface area (Å²) in [7, 11) is 0. The zero-order valence-corrected chi connectivity index (χ0v) is 5.54. The van der Waals surface area contributed by atoms with Gasteiger partial charge in [-0.1, -0.05) is 25.7 Å². The number of hydrogen-bond donors (Lipinski definition) is 2. The van der Waals surface area contributed by atoms with Crippen molar-refractivity contribution in [1.82, 2.24) is 0 Å². The lowest BCUT2D eigenvalue weighted by atomic mass is 10.0. The summed E-state index contributed by atoms with van der Waals surface area (Å²) in [6.07, 6.45) is 6.00. The maximum Gasteiger partial charge on any atom is 0.414 e. The highest BCUT2D eigenvalue weighted by atomic mass is 16.4. The predicted molar refractivity (Wildman–Crippen MR) is 33.7 cm³/mol. The number of carboxylic acids is 2. The molecule has 0 amide bonds. The van der Waals surface area contributed by atoms with Crippen molar-refractivity contribution in [3.05, 3.63) is 0 Å². The van der Waals surface area contributed by atoms with Crippen LogP contribution in [0.15, 0.2) is 0 Å². The lowest BCUT2D eigenvalue weighted by Crippen LogP contribution is -2.09. The first-order valence-electron chi connectivity index (χ1n) is 3.11. The van der Waals surface area contributed by atoms with Crippen LogP contribution < -0.4 is 0 Å². The Labute approximate surface area is 58.5 Å².